The van der Waals surface area contributed by atoms with Gasteiger partial charge >= 0.3 is 0 Å². The van der Waals surface area contributed by atoms with E-state index in [1.165, 1.54) is 17.4 Å². The molecule has 1 amide bonds. The van der Waals surface area contributed by atoms with Crippen LogP contribution < -0.4 is 5.32 Å². The van der Waals surface area contributed by atoms with E-state index in [1.807, 2.05) is 12.3 Å². The summed E-state index contributed by atoms with van der Waals surface area (Å²) in [5.74, 6) is -0.564. The summed E-state index contributed by atoms with van der Waals surface area (Å²) in [6.45, 7) is 0.287. The van der Waals surface area contributed by atoms with Crippen LogP contribution in [0.5, 0.6) is 0 Å². The Morgan fingerprint density at radius 3 is 3.00 bits per heavy atom. The van der Waals surface area contributed by atoms with Gasteiger partial charge in [0.15, 0.2) is 0 Å². The molecule has 0 unspecified atom stereocenters. The first kappa shape index (κ1) is 15.1. The Kier molecular flexibility index (Phi) is 3.70. The molecule has 0 saturated heterocycles. The van der Waals surface area contributed by atoms with Gasteiger partial charge in [0.05, 0.1) is 22.1 Å². The maximum absolute atomic E-state index is 13.7. The number of rotatable bonds is 3. The number of nitrogens with zero attached hydrogens (tertiary/aromatic N) is 2. The maximum Gasteiger partial charge on any atom is 0.261 e. The molecule has 0 radical (unpaired) electrons. The van der Waals surface area contributed by atoms with Gasteiger partial charge in [-0.05, 0) is 30.3 Å². The summed E-state index contributed by atoms with van der Waals surface area (Å²) in [7, 11) is 0. The van der Waals surface area contributed by atoms with Crippen molar-refractivity contribution >= 4 is 44.6 Å². The lowest BCUT2D eigenvalue weighted by Gasteiger charge is -1.99. The summed E-state index contributed by atoms with van der Waals surface area (Å²) < 4.78 is 16.3. The van der Waals surface area contributed by atoms with Gasteiger partial charge in [-0.1, -0.05) is 17.7 Å². The molecule has 3 aromatic heterocycles. The number of aromatic nitrogens is 2. The fraction of sp³-hybridized carbons (Fsp3) is 0.0588. The standard InChI is InChI=1S/C17H11ClFN3OS/c18-10-4-5-16-21-11(9-22(16)8-10)7-20-17(23)15-6-12-13(19)2-1-3-14(12)24-15/h1-6,8-9H,7H2,(H,20,23). The van der Waals surface area contributed by atoms with E-state index < -0.39 is 0 Å². The summed E-state index contributed by atoms with van der Waals surface area (Å²) >= 11 is 7.21. The minimum atomic E-state index is -0.319. The van der Waals surface area contributed by atoms with Crippen LogP contribution in [0.25, 0.3) is 15.7 Å². The van der Waals surface area contributed by atoms with Gasteiger partial charge in [-0.3, -0.25) is 4.79 Å². The molecule has 0 spiro atoms. The molecule has 4 aromatic rings. The third-order valence-electron chi connectivity index (χ3n) is 3.63. The summed E-state index contributed by atoms with van der Waals surface area (Å²) in [5.41, 5.74) is 1.48. The molecule has 0 fully saturated rings. The quantitative estimate of drug-likeness (QED) is 0.593. The number of carbonyl (C=O) groups is 1. The average Bonchev–Trinajstić information content (AvgIpc) is 3.16. The van der Waals surface area contributed by atoms with Gasteiger partial charge in [-0.25, -0.2) is 9.37 Å². The van der Waals surface area contributed by atoms with E-state index in [-0.39, 0.29) is 18.3 Å². The van der Waals surface area contributed by atoms with Crippen LogP contribution in [0, 0.1) is 5.82 Å². The summed E-state index contributed by atoms with van der Waals surface area (Å²) in [5, 5.41) is 3.89. The van der Waals surface area contributed by atoms with Crippen molar-refractivity contribution in [3.63, 3.8) is 0 Å². The number of benzene rings is 1. The SMILES string of the molecule is O=C(NCc1cn2cc(Cl)ccc2n1)c1cc2c(F)cccc2s1. The maximum atomic E-state index is 13.7. The van der Waals surface area contributed by atoms with E-state index in [9.17, 15) is 9.18 Å². The largest absolute Gasteiger partial charge is 0.346 e. The van der Waals surface area contributed by atoms with Gasteiger partial charge in [0.1, 0.15) is 11.5 Å². The van der Waals surface area contributed by atoms with E-state index in [0.717, 1.165) is 16.0 Å². The number of hydrogen-bond acceptors (Lipinski definition) is 3. The van der Waals surface area contributed by atoms with Crippen LogP contribution in [0.15, 0.2) is 48.8 Å². The lowest BCUT2D eigenvalue weighted by molar-refractivity contribution is 0.0954. The van der Waals surface area contributed by atoms with E-state index in [0.29, 0.717) is 15.3 Å². The third kappa shape index (κ3) is 2.74. The topological polar surface area (TPSA) is 46.4 Å². The average molecular weight is 360 g/mol. The first-order chi connectivity index (χ1) is 11.6. The van der Waals surface area contributed by atoms with Crippen LogP contribution in [-0.4, -0.2) is 15.3 Å². The first-order valence-corrected chi connectivity index (χ1v) is 8.39. The predicted octanol–water partition coefficient (Wildman–Crippen LogP) is 4.27. The van der Waals surface area contributed by atoms with Crippen molar-refractivity contribution in [1.29, 1.82) is 0 Å². The monoisotopic (exact) mass is 359 g/mol. The fourth-order valence-electron chi connectivity index (χ4n) is 2.50. The van der Waals surface area contributed by atoms with E-state index >= 15 is 0 Å². The molecule has 3 heterocycles. The van der Waals surface area contributed by atoms with Crippen molar-refractivity contribution in [1.82, 2.24) is 14.7 Å². The molecule has 0 bridgehead atoms. The molecule has 120 valence electrons. The molecular formula is C17H11ClFN3OS. The number of imidazole rings is 1. The molecule has 0 saturated carbocycles. The van der Waals surface area contributed by atoms with Crippen LogP contribution in [0.3, 0.4) is 0 Å². The Morgan fingerprint density at radius 1 is 1.29 bits per heavy atom. The van der Waals surface area contributed by atoms with Crippen molar-refractivity contribution in [2.24, 2.45) is 0 Å². The zero-order valence-corrected chi connectivity index (χ0v) is 13.9. The second-order valence-electron chi connectivity index (χ2n) is 5.29. The van der Waals surface area contributed by atoms with E-state index in [2.05, 4.69) is 10.3 Å². The molecule has 4 rings (SSSR count). The Bertz CT molecular complexity index is 1070. The second kappa shape index (κ2) is 5.89. The smallest absolute Gasteiger partial charge is 0.261 e. The highest BCUT2D eigenvalue weighted by atomic mass is 35.5. The van der Waals surface area contributed by atoms with Crippen LogP contribution in [-0.2, 0) is 6.54 Å². The lowest BCUT2D eigenvalue weighted by atomic mass is 10.2. The highest BCUT2D eigenvalue weighted by Crippen LogP contribution is 2.27. The molecule has 24 heavy (non-hydrogen) atoms. The molecule has 7 heteroatoms. The molecule has 4 nitrogen and oxygen atoms in total. The Hall–Kier alpha value is -2.44. The highest BCUT2D eigenvalue weighted by Gasteiger charge is 2.13. The fourth-order valence-corrected chi connectivity index (χ4v) is 3.66. The number of fused-ring (bicyclic) bond motifs is 2. The number of carbonyl (C=O) groups excluding carboxylic acids is 1. The normalized spacial score (nSPS) is 11.2. The van der Waals surface area contributed by atoms with E-state index in [4.69, 9.17) is 11.6 Å². The van der Waals surface area contributed by atoms with Gasteiger partial charge in [0, 0.05) is 22.5 Å². The molecule has 0 atom stereocenters. The first-order valence-electron chi connectivity index (χ1n) is 7.19. The summed E-state index contributed by atoms with van der Waals surface area (Å²) in [6.07, 6.45) is 3.57. The van der Waals surface area contributed by atoms with Crippen molar-refractivity contribution in [2.45, 2.75) is 6.54 Å². The van der Waals surface area contributed by atoms with Crippen molar-refractivity contribution < 1.29 is 9.18 Å². The number of hydrogen-bond donors (Lipinski definition) is 1. The van der Waals surface area contributed by atoms with Gasteiger partial charge in [0.25, 0.3) is 5.91 Å². The zero-order valence-electron chi connectivity index (χ0n) is 12.3. The summed E-state index contributed by atoms with van der Waals surface area (Å²) in [6, 6.07) is 9.97. The van der Waals surface area contributed by atoms with Gasteiger partial charge < -0.3 is 9.72 Å². The van der Waals surface area contributed by atoms with Crippen molar-refractivity contribution in [3.8, 4) is 0 Å². The Labute approximate surface area is 145 Å². The number of amides is 1. The van der Waals surface area contributed by atoms with Crippen LogP contribution in [0.2, 0.25) is 5.02 Å². The minimum Gasteiger partial charge on any atom is -0.346 e. The van der Waals surface area contributed by atoms with Gasteiger partial charge in [-0.15, -0.1) is 11.3 Å². The zero-order chi connectivity index (χ0) is 16.7. The number of nitrogens with one attached hydrogen (secondary N) is 1. The molecule has 0 aliphatic rings. The minimum absolute atomic E-state index is 0.245. The molecular weight excluding hydrogens is 349 g/mol. The lowest BCUT2D eigenvalue weighted by Crippen LogP contribution is -2.21. The van der Waals surface area contributed by atoms with Gasteiger partial charge in [0.2, 0.25) is 0 Å². The Morgan fingerprint density at radius 2 is 2.17 bits per heavy atom. The van der Waals surface area contributed by atoms with Crippen molar-refractivity contribution in [3.05, 3.63) is 70.2 Å². The second-order valence-corrected chi connectivity index (χ2v) is 6.81. The number of halogens is 2. The molecule has 0 aliphatic heterocycles. The number of thiophene rings is 1. The molecule has 1 N–H and O–H groups in total. The van der Waals surface area contributed by atoms with Gasteiger partial charge in [-0.2, -0.15) is 0 Å². The Balaban J connectivity index is 1.53. The van der Waals surface area contributed by atoms with Crippen LogP contribution in [0.4, 0.5) is 4.39 Å². The summed E-state index contributed by atoms with van der Waals surface area (Å²) in [4.78, 5) is 17.2. The molecule has 1 aromatic carbocycles. The van der Waals surface area contributed by atoms with Crippen molar-refractivity contribution in [2.75, 3.05) is 0 Å². The molecule has 0 aliphatic carbocycles. The van der Waals surface area contributed by atoms with E-state index in [1.54, 1.807) is 34.9 Å². The van der Waals surface area contributed by atoms with Crippen LogP contribution in [0.1, 0.15) is 15.4 Å². The van der Waals surface area contributed by atoms with Crippen LogP contribution >= 0.6 is 22.9 Å². The third-order valence-corrected chi connectivity index (χ3v) is 4.95. The number of pyridine rings is 1. The highest BCUT2D eigenvalue weighted by molar-refractivity contribution is 7.20. The predicted molar refractivity (Wildman–Crippen MR) is 93.2 cm³/mol.